The second-order valence-corrected chi connectivity index (χ2v) is 5.17. The number of benzene rings is 2. The highest BCUT2D eigenvalue weighted by Crippen LogP contribution is 2.26. The van der Waals surface area contributed by atoms with Gasteiger partial charge in [0.2, 0.25) is 0 Å². The smallest absolute Gasteiger partial charge is 0.171 e. The van der Waals surface area contributed by atoms with Gasteiger partial charge < -0.3 is 9.47 Å². The van der Waals surface area contributed by atoms with Gasteiger partial charge in [0.15, 0.2) is 5.78 Å². The van der Waals surface area contributed by atoms with Crippen molar-refractivity contribution in [2.24, 2.45) is 0 Å². The fraction of sp³-hybridized carbons (Fsp3) is 0.188. The molecule has 2 rings (SSSR count). The SMILES string of the molecule is COc1ccc(Br)cc1CC(=O)c1ccccc1OC. The van der Waals surface area contributed by atoms with Crippen molar-refractivity contribution >= 4 is 21.7 Å². The number of carbonyl (C=O) groups excluding carboxylic acids is 1. The average molecular weight is 335 g/mol. The summed E-state index contributed by atoms with van der Waals surface area (Å²) in [5.41, 5.74) is 1.43. The van der Waals surface area contributed by atoms with Gasteiger partial charge in [0.05, 0.1) is 19.8 Å². The minimum absolute atomic E-state index is 0.00106. The van der Waals surface area contributed by atoms with Crippen molar-refractivity contribution in [3.05, 3.63) is 58.1 Å². The molecular weight excluding hydrogens is 320 g/mol. The predicted molar refractivity (Wildman–Crippen MR) is 81.7 cm³/mol. The topological polar surface area (TPSA) is 35.5 Å². The lowest BCUT2D eigenvalue weighted by Gasteiger charge is -2.10. The lowest BCUT2D eigenvalue weighted by atomic mass is 10.0. The van der Waals surface area contributed by atoms with Crippen LogP contribution in [0.3, 0.4) is 0 Å². The summed E-state index contributed by atoms with van der Waals surface area (Å²) in [4.78, 5) is 12.4. The van der Waals surface area contributed by atoms with Gasteiger partial charge in [-0.15, -0.1) is 0 Å². The number of carbonyl (C=O) groups is 1. The molecule has 4 heteroatoms. The van der Waals surface area contributed by atoms with Crippen molar-refractivity contribution in [2.75, 3.05) is 14.2 Å². The summed E-state index contributed by atoms with van der Waals surface area (Å²) < 4.78 is 11.4. The lowest BCUT2D eigenvalue weighted by Crippen LogP contribution is -2.06. The Hall–Kier alpha value is -1.81. The first-order valence-electron chi connectivity index (χ1n) is 6.14. The van der Waals surface area contributed by atoms with Gasteiger partial charge >= 0.3 is 0 Å². The van der Waals surface area contributed by atoms with Crippen LogP contribution in [0, 0.1) is 0 Å². The molecule has 0 atom stereocenters. The monoisotopic (exact) mass is 334 g/mol. The molecule has 0 heterocycles. The van der Waals surface area contributed by atoms with Crippen molar-refractivity contribution in [3.63, 3.8) is 0 Å². The summed E-state index contributed by atoms with van der Waals surface area (Å²) in [6.07, 6.45) is 0.267. The summed E-state index contributed by atoms with van der Waals surface area (Å²) >= 11 is 3.41. The number of Topliss-reactive ketones (excluding diaryl/α,β-unsaturated/α-hetero) is 1. The van der Waals surface area contributed by atoms with Gasteiger partial charge in [-0.05, 0) is 30.3 Å². The molecule has 0 aliphatic rings. The van der Waals surface area contributed by atoms with E-state index in [0.29, 0.717) is 17.1 Å². The fourth-order valence-corrected chi connectivity index (χ4v) is 2.44. The molecule has 0 unspecified atom stereocenters. The summed E-state index contributed by atoms with van der Waals surface area (Å²) in [6.45, 7) is 0. The molecule has 2 aromatic rings. The van der Waals surface area contributed by atoms with E-state index in [4.69, 9.17) is 9.47 Å². The molecule has 2 aromatic carbocycles. The number of ether oxygens (including phenoxy) is 2. The van der Waals surface area contributed by atoms with E-state index in [-0.39, 0.29) is 12.2 Å². The average Bonchev–Trinajstić information content (AvgIpc) is 2.47. The van der Waals surface area contributed by atoms with E-state index in [1.54, 1.807) is 26.4 Å². The molecule has 0 N–H and O–H groups in total. The quantitative estimate of drug-likeness (QED) is 0.778. The van der Waals surface area contributed by atoms with E-state index < -0.39 is 0 Å². The Morgan fingerprint density at radius 1 is 1.05 bits per heavy atom. The zero-order chi connectivity index (χ0) is 14.5. The van der Waals surface area contributed by atoms with Crippen LogP contribution in [0.4, 0.5) is 0 Å². The van der Waals surface area contributed by atoms with Crippen molar-refractivity contribution in [1.82, 2.24) is 0 Å². The third-order valence-electron chi connectivity index (χ3n) is 3.00. The van der Waals surface area contributed by atoms with E-state index in [0.717, 1.165) is 10.0 Å². The maximum atomic E-state index is 12.4. The second-order valence-electron chi connectivity index (χ2n) is 4.26. The van der Waals surface area contributed by atoms with Crippen LogP contribution >= 0.6 is 15.9 Å². The van der Waals surface area contributed by atoms with Gasteiger partial charge in [-0.2, -0.15) is 0 Å². The van der Waals surface area contributed by atoms with Crippen molar-refractivity contribution in [3.8, 4) is 11.5 Å². The zero-order valence-electron chi connectivity index (χ0n) is 11.4. The molecular formula is C16H15BrO3. The molecule has 0 saturated heterocycles. The Kier molecular flexibility index (Phi) is 4.79. The summed E-state index contributed by atoms with van der Waals surface area (Å²) in [5.74, 6) is 1.29. The molecule has 0 aliphatic heterocycles. The Balaban J connectivity index is 2.30. The largest absolute Gasteiger partial charge is 0.496 e. The van der Waals surface area contributed by atoms with E-state index in [1.165, 1.54) is 0 Å². The third kappa shape index (κ3) is 3.20. The lowest BCUT2D eigenvalue weighted by molar-refractivity contribution is 0.0989. The number of rotatable bonds is 5. The molecule has 0 aromatic heterocycles. The number of halogens is 1. The molecule has 3 nitrogen and oxygen atoms in total. The zero-order valence-corrected chi connectivity index (χ0v) is 12.9. The first kappa shape index (κ1) is 14.6. The third-order valence-corrected chi connectivity index (χ3v) is 3.49. The Morgan fingerprint density at radius 3 is 2.45 bits per heavy atom. The van der Waals surface area contributed by atoms with E-state index in [9.17, 15) is 4.79 Å². The summed E-state index contributed by atoms with van der Waals surface area (Å²) in [5, 5.41) is 0. The molecule has 20 heavy (non-hydrogen) atoms. The molecule has 0 fully saturated rings. The second kappa shape index (κ2) is 6.57. The molecule has 0 aliphatic carbocycles. The number of hydrogen-bond acceptors (Lipinski definition) is 3. The minimum Gasteiger partial charge on any atom is -0.496 e. The number of ketones is 1. The summed E-state index contributed by atoms with van der Waals surface area (Å²) in [6, 6.07) is 12.8. The van der Waals surface area contributed by atoms with Crippen LogP contribution in [0.2, 0.25) is 0 Å². The normalized spacial score (nSPS) is 10.2. The van der Waals surface area contributed by atoms with Gasteiger partial charge in [0.1, 0.15) is 11.5 Å². The Labute approximate surface area is 126 Å². The van der Waals surface area contributed by atoms with Crippen LogP contribution in [0.15, 0.2) is 46.9 Å². The predicted octanol–water partition coefficient (Wildman–Crippen LogP) is 3.89. The van der Waals surface area contributed by atoms with Crippen LogP contribution < -0.4 is 9.47 Å². The summed E-state index contributed by atoms with van der Waals surface area (Å²) in [7, 11) is 3.16. The number of methoxy groups -OCH3 is 2. The van der Waals surface area contributed by atoms with Crippen LogP contribution in [0.5, 0.6) is 11.5 Å². The van der Waals surface area contributed by atoms with E-state index in [2.05, 4.69) is 15.9 Å². The van der Waals surface area contributed by atoms with Crippen LogP contribution in [-0.2, 0) is 6.42 Å². The first-order chi connectivity index (χ1) is 9.65. The van der Waals surface area contributed by atoms with Crippen LogP contribution in [0.1, 0.15) is 15.9 Å². The molecule has 0 amide bonds. The van der Waals surface area contributed by atoms with E-state index in [1.807, 2.05) is 30.3 Å². The molecule has 0 saturated carbocycles. The van der Waals surface area contributed by atoms with Crippen molar-refractivity contribution in [1.29, 1.82) is 0 Å². The number of para-hydroxylation sites is 1. The highest BCUT2D eigenvalue weighted by atomic mass is 79.9. The Bertz CT molecular complexity index is 623. The van der Waals surface area contributed by atoms with Crippen LogP contribution in [0.25, 0.3) is 0 Å². The van der Waals surface area contributed by atoms with Crippen molar-refractivity contribution < 1.29 is 14.3 Å². The van der Waals surface area contributed by atoms with Crippen LogP contribution in [-0.4, -0.2) is 20.0 Å². The standard InChI is InChI=1S/C16H15BrO3/c1-19-15-8-7-12(17)9-11(15)10-14(18)13-5-3-4-6-16(13)20-2/h3-9H,10H2,1-2H3. The number of hydrogen-bond donors (Lipinski definition) is 0. The molecule has 104 valence electrons. The van der Waals surface area contributed by atoms with E-state index >= 15 is 0 Å². The minimum atomic E-state index is -0.00106. The Morgan fingerprint density at radius 2 is 1.75 bits per heavy atom. The van der Waals surface area contributed by atoms with Gasteiger partial charge in [-0.25, -0.2) is 0 Å². The molecule has 0 bridgehead atoms. The van der Waals surface area contributed by atoms with Gasteiger partial charge in [0, 0.05) is 16.5 Å². The van der Waals surface area contributed by atoms with Gasteiger partial charge in [0.25, 0.3) is 0 Å². The van der Waals surface area contributed by atoms with Crippen molar-refractivity contribution in [2.45, 2.75) is 6.42 Å². The maximum absolute atomic E-state index is 12.4. The van der Waals surface area contributed by atoms with Gasteiger partial charge in [-0.1, -0.05) is 28.1 Å². The maximum Gasteiger partial charge on any atom is 0.171 e. The highest BCUT2D eigenvalue weighted by Gasteiger charge is 2.14. The van der Waals surface area contributed by atoms with Gasteiger partial charge in [-0.3, -0.25) is 4.79 Å². The molecule has 0 spiro atoms. The fourth-order valence-electron chi connectivity index (χ4n) is 2.03. The highest BCUT2D eigenvalue weighted by molar-refractivity contribution is 9.10. The first-order valence-corrected chi connectivity index (χ1v) is 6.93. The molecule has 0 radical (unpaired) electrons.